The third-order valence-electron chi connectivity index (χ3n) is 3.06. The Labute approximate surface area is 89.0 Å². The van der Waals surface area contributed by atoms with E-state index in [2.05, 4.69) is 0 Å². The van der Waals surface area contributed by atoms with E-state index in [1.54, 1.807) is 0 Å². The van der Waals surface area contributed by atoms with Gasteiger partial charge in [-0.05, 0) is 26.2 Å². The summed E-state index contributed by atoms with van der Waals surface area (Å²) in [5.74, 6) is -2.54. The summed E-state index contributed by atoms with van der Waals surface area (Å²) < 4.78 is 31.5. The molecule has 0 bridgehead atoms. The molecule has 0 saturated heterocycles. The van der Waals surface area contributed by atoms with Crippen LogP contribution in [-0.2, 0) is 9.53 Å². The zero-order chi connectivity index (χ0) is 11.4. The number of halogens is 2. The van der Waals surface area contributed by atoms with Crippen LogP contribution in [-0.4, -0.2) is 24.4 Å². The fraction of sp³-hybridized carbons (Fsp3) is 0.909. The van der Waals surface area contributed by atoms with Crippen molar-refractivity contribution in [3.8, 4) is 0 Å². The SMILES string of the molecule is CCOC1(CCC=O)CCC(F)(F)CC1. The molecule has 0 aliphatic heterocycles. The van der Waals surface area contributed by atoms with E-state index in [1.807, 2.05) is 6.92 Å². The molecule has 1 aliphatic rings. The van der Waals surface area contributed by atoms with E-state index in [-0.39, 0.29) is 12.8 Å². The molecule has 0 heterocycles. The molecule has 0 N–H and O–H groups in total. The van der Waals surface area contributed by atoms with E-state index >= 15 is 0 Å². The molecule has 0 aromatic carbocycles. The van der Waals surface area contributed by atoms with Gasteiger partial charge in [0.15, 0.2) is 0 Å². The number of hydrogen-bond acceptors (Lipinski definition) is 2. The van der Waals surface area contributed by atoms with Crippen LogP contribution in [0, 0.1) is 0 Å². The van der Waals surface area contributed by atoms with Gasteiger partial charge in [-0.25, -0.2) is 8.78 Å². The Morgan fingerprint density at radius 1 is 1.27 bits per heavy atom. The highest BCUT2D eigenvalue weighted by molar-refractivity contribution is 5.49. The summed E-state index contributed by atoms with van der Waals surface area (Å²) in [6.45, 7) is 2.37. The summed E-state index contributed by atoms with van der Waals surface area (Å²) in [7, 11) is 0. The molecular weight excluding hydrogens is 202 g/mol. The van der Waals surface area contributed by atoms with Crippen molar-refractivity contribution >= 4 is 6.29 Å². The molecule has 0 aromatic heterocycles. The molecule has 0 aromatic rings. The monoisotopic (exact) mass is 220 g/mol. The van der Waals surface area contributed by atoms with E-state index in [0.29, 0.717) is 32.3 Å². The number of aldehydes is 1. The summed E-state index contributed by atoms with van der Waals surface area (Å²) >= 11 is 0. The molecule has 15 heavy (non-hydrogen) atoms. The zero-order valence-corrected chi connectivity index (χ0v) is 9.10. The van der Waals surface area contributed by atoms with Crippen molar-refractivity contribution in [3.05, 3.63) is 0 Å². The first-order chi connectivity index (χ1) is 7.04. The topological polar surface area (TPSA) is 26.3 Å². The molecule has 0 unspecified atom stereocenters. The van der Waals surface area contributed by atoms with Crippen molar-refractivity contribution < 1.29 is 18.3 Å². The summed E-state index contributed by atoms with van der Waals surface area (Å²) in [6, 6.07) is 0. The predicted molar refractivity (Wildman–Crippen MR) is 53.1 cm³/mol. The zero-order valence-electron chi connectivity index (χ0n) is 9.10. The Balaban J connectivity index is 2.55. The van der Waals surface area contributed by atoms with Crippen LogP contribution in [0.2, 0.25) is 0 Å². The minimum Gasteiger partial charge on any atom is -0.375 e. The van der Waals surface area contributed by atoms with Gasteiger partial charge in [0.1, 0.15) is 6.29 Å². The average Bonchev–Trinajstić information content (AvgIpc) is 2.20. The van der Waals surface area contributed by atoms with Crippen LogP contribution in [0.25, 0.3) is 0 Å². The lowest BCUT2D eigenvalue weighted by atomic mass is 9.79. The first kappa shape index (κ1) is 12.6. The van der Waals surface area contributed by atoms with Crippen LogP contribution in [0.3, 0.4) is 0 Å². The van der Waals surface area contributed by atoms with E-state index in [1.165, 1.54) is 0 Å². The predicted octanol–water partition coefficient (Wildman–Crippen LogP) is 2.95. The van der Waals surface area contributed by atoms with Crippen LogP contribution in [0.1, 0.15) is 45.4 Å². The maximum Gasteiger partial charge on any atom is 0.248 e. The lowest BCUT2D eigenvalue weighted by molar-refractivity contribution is -0.135. The van der Waals surface area contributed by atoms with Gasteiger partial charge < -0.3 is 9.53 Å². The standard InChI is InChI=1S/C11H18F2O2/c1-2-15-10(4-3-9-14)5-7-11(12,13)8-6-10/h9H,2-8H2,1H3. The lowest BCUT2D eigenvalue weighted by Gasteiger charge is -2.39. The van der Waals surface area contributed by atoms with E-state index in [9.17, 15) is 13.6 Å². The highest BCUT2D eigenvalue weighted by Crippen LogP contribution is 2.42. The van der Waals surface area contributed by atoms with Gasteiger partial charge >= 0.3 is 0 Å². The van der Waals surface area contributed by atoms with Gasteiger partial charge in [-0.15, -0.1) is 0 Å². The van der Waals surface area contributed by atoms with Crippen molar-refractivity contribution in [3.63, 3.8) is 0 Å². The molecule has 2 nitrogen and oxygen atoms in total. The lowest BCUT2D eigenvalue weighted by Crippen LogP contribution is -2.41. The normalized spacial score (nSPS) is 23.7. The highest BCUT2D eigenvalue weighted by Gasteiger charge is 2.43. The van der Waals surface area contributed by atoms with Crippen LogP contribution in [0.15, 0.2) is 0 Å². The smallest absolute Gasteiger partial charge is 0.248 e. The van der Waals surface area contributed by atoms with Gasteiger partial charge in [0.25, 0.3) is 0 Å². The fourth-order valence-corrected chi connectivity index (χ4v) is 2.17. The van der Waals surface area contributed by atoms with Gasteiger partial charge in [0, 0.05) is 25.9 Å². The Morgan fingerprint density at radius 3 is 2.33 bits per heavy atom. The molecule has 1 saturated carbocycles. The number of alkyl halides is 2. The van der Waals surface area contributed by atoms with Crippen molar-refractivity contribution in [2.75, 3.05) is 6.61 Å². The van der Waals surface area contributed by atoms with Crippen LogP contribution < -0.4 is 0 Å². The number of carbonyl (C=O) groups excluding carboxylic acids is 1. The van der Waals surface area contributed by atoms with E-state index in [4.69, 9.17) is 4.74 Å². The maximum atomic E-state index is 13.0. The molecule has 1 rings (SSSR count). The molecule has 1 aliphatic carbocycles. The van der Waals surface area contributed by atoms with Gasteiger partial charge in [0.2, 0.25) is 5.92 Å². The van der Waals surface area contributed by atoms with Gasteiger partial charge in [-0.3, -0.25) is 0 Å². The Hall–Kier alpha value is -0.510. The quantitative estimate of drug-likeness (QED) is 0.666. The molecule has 0 spiro atoms. The molecule has 0 atom stereocenters. The number of hydrogen-bond donors (Lipinski definition) is 0. The fourth-order valence-electron chi connectivity index (χ4n) is 2.17. The minimum absolute atomic E-state index is 0.119. The second-order valence-corrected chi connectivity index (χ2v) is 4.18. The first-order valence-corrected chi connectivity index (χ1v) is 5.49. The first-order valence-electron chi connectivity index (χ1n) is 5.49. The second kappa shape index (κ2) is 5.01. The van der Waals surface area contributed by atoms with Crippen molar-refractivity contribution in [1.82, 2.24) is 0 Å². The van der Waals surface area contributed by atoms with Crippen LogP contribution >= 0.6 is 0 Å². The molecule has 0 radical (unpaired) electrons. The Bertz CT molecular complexity index is 207. The average molecular weight is 220 g/mol. The molecule has 1 fully saturated rings. The third-order valence-corrected chi connectivity index (χ3v) is 3.06. The number of carbonyl (C=O) groups is 1. The van der Waals surface area contributed by atoms with Crippen LogP contribution in [0.5, 0.6) is 0 Å². The Morgan fingerprint density at radius 2 is 1.87 bits per heavy atom. The van der Waals surface area contributed by atoms with E-state index in [0.717, 1.165) is 6.29 Å². The second-order valence-electron chi connectivity index (χ2n) is 4.18. The van der Waals surface area contributed by atoms with Gasteiger partial charge in [0.05, 0.1) is 5.60 Å². The molecule has 0 amide bonds. The summed E-state index contributed by atoms with van der Waals surface area (Å²) in [6.07, 6.45) is 2.28. The largest absolute Gasteiger partial charge is 0.375 e. The van der Waals surface area contributed by atoms with E-state index < -0.39 is 11.5 Å². The molecular formula is C11H18F2O2. The van der Waals surface area contributed by atoms with Gasteiger partial charge in [-0.2, -0.15) is 0 Å². The van der Waals surface area contributed by atoms with Crippen molar-refractivity contribution in [1.29, 1.82) is 0 Å². The summed E-state index contributed by atoms with van der Waals surface area (Å²) in [5, 5.41) is 0. The van der Waals surface area contributed by atoms with Gasteiger partial charge in [-0.1, -0.05) is 0 Å². The number of ether oxygens (including phenoxy) is 1. The Kier molecular flexibility index (Phi) is 4.20. The van der Waals surface area contributed by atoms with Crippen LogP contribution in [0.4, 0.5) is 8.78 Å². The number of rotatable bonds is 5. The maximum absolute atomic E-state index is 13.0. The third kappa shape index (κ3) is 3.52. The van der Waals surface area contributed by atoms with Crippen molar-refractivity contribution in [2.24, 2.45) is 0 Å². The molecule has 4 heteroatoms. The summed E-state index contributed by atoms with van der Waals surface area (Å²) in [5.41, 5.74) is -0.475. The highest BCUT2D eigenvalue weighted by atomic mass is 19.3. The summed E-state index contributed by atoms with van der Waals surface area (Å²) in [4.78, 5) is 10.3. The minimum atomic E-state index is -2.54. The molecule has 88 valence electrons. The van der Waals surface area contributed by atoms with Crippen molar-refractivity contribution in [2.45, 2.75) is 57.0 Å².